The van der Waals surface area contributed by atoms with Gasteiger partial charge in [-0.05, 0) is 54.4 Å². The van der Waals surface area contributed by atoms with Crippen molar-refractivity contribution < 1.29 is 4.79 Å². The maximum absolute atomic E-state index is 12.6. The molecule has 0 fully saturated rings. The first-order valence-electron chi connectivity index (χ1n) is 10.7. The van der Waals surface area contributed by atoms with Crippen LogP contribution in [0.1, 0.15) is 15.9 Å². The summed E-state index contributed by atoms with van der Waals surface area (Å²) in [6.45, 7) is 0.543. The highest BCUT2D eigenvalue weighted by atomic mass is 35.5. The number of nitrogen functional groups attached to an aromatic ring is 1. The Kier molecular flexibility index (Phi) is 6.01. The van der Waals surface area contributed by atoms with Crippen LogP contribution in [0.2, 0.25) is 10.0 Å². The highest BCUT2D eigenvalue weighted by Gasteiger charge is 2.12. The van der Waals surface area contributed by atoms with Crippen molar-refractivity contribution in [2.45, 2.75) is 6.42 Å². The van der Waals surface area contributed by atoms with E-state index >= 15 is 0 Å². The van der Waals surface area contributed by atoms with Gasteiger partial charge in [0.05, 0.1) is 21.4 Å². The average molecular weight is 490 g/mol. The summed E-state index contributed by atoms with van der Waals surface area (Å²) in [5, 5.41) is 9.68. The zero-order chi connectivity index (χ0) is 23.7. The lowest BCUT2D eigenvalue weighted by atomic mass is 10.1. The predicted octanol–water partition coefficient (Wildman–Crippen LogP) is 5.88. The van der Waals surface area contributed by atoms with E-state index in [1.807, 2.05) is 42.6 Å². The van der Waals surface area contributed by atoms with E-state index in [9.17, 15) is 4.79 Å². The van der Waals surface area contributed by atoms with Gasteiger partial charge in [0, 0.05) is 40.8 Å². The van der Waals surface area contributed by atoms with Gasteiger partial charge in [-0.2, -0.15) is 5.10 Å². The number of carbonyl (C=O) groups is 1. The fourth-order valence-corrected chi connectivity index (χ4v) is 4.20. The molecule has 8 heteroatoms. The minimum Gasteiger partial charge on any atom is -0.384 e. The molecule has 0 radical (unpaired) electrons. The van der Waals surface area contributed by atoms with Crippen LogP contribution in [0.3, 0.4) is 0 Å². The predicted molar refractivity (Wildman–Crippen MR) is 138 cm³/mol. The fourth-order valence-electron chi connectivity index (χ4n) is 3.90. The number of halogens is 2. The molecule has 0 aliphatic carbocycles. The summed E-state index contributed by atoms with van der Waals surface area (Å²) in [6.07, 6.45) is 2.74. The summed E-state index contributed by atoms with van der Waals surface area (Å²) in [7, 11) is 0. The van der Waals surface area contributed by atoms with Crippen molar-refractivity contribution in [1.29, 1.82) is 0 Å². The molecule has 1 amide bonds. The first kappa shape index (κ1) is 22.1. The van der Waals surface area contributed by atoms with Crippen LogP contribution in [0.25, 0.3) is 27.8 Å². The zero-order valence-electron chi connectivity index (χ0n) is 18.1. The number of fused-ring (bicyclic) bond motifs is 1. The molecule has 0 saturated heterocycles. The van der Waals surface area contributed by atoms with E-state index in [1.54, 1.807) is 35.0 Å². The van der Waals surface area contributed by atoms with Crippen molar-refractivity contribution in [3.63, 3.8) is 0 Å². The number of aromatic nitrogens is 3. The summed E-state index contributed by atoms with van der Waals surface area (Å²) >= 11 is 12.1. The molecule has 5 aromatic rings. The molecule has 0 spiro atoms. The molecule has 170 valence electrons. The van der Waals surface area contributed by atoms with Gasteiger partial charge in [0.1, 0.15) is 5.82 Å². The minimum absolute atomic E-state index is 0.128. The minimum atomic E-state index is -0.128. The third-order valence-electron chi connectivity index (χ3n) is 5.68. The quantitative estimate of drug-likeness (QED) is 0.278. The van der Waals surface area contributed by atoms with Gasteiger partial charge in [-0.25, -0.2) is 4.68 Å². The number of rotatable bonds is 6. The Labute approximate surface area is 206 Å². The number of hydrogen-bond donors (Lipinski definition) is 3. The topological polar surface area (TPSA) is 88.7 Å². The van der Waals surface area contributed by atoms with Crippen LogP contribution in [-0.2, 0) is 6.42 Å². The first-order valence-corrected chi connectivity index (χ1v) is 11.5. The van der Waals surface area contributed by atoms with Crippen molar-refractivity contribution in [3.8, 4) is 16.9 Å². The van der Waals surface area contributed by atoms with Crippen LogP contribution in [0, 0.1) is 0 Å². The summed E-state index contributed by atoms with van der Waals surface area (Å²) in [5.41, 5.74) is 11.3. The fraction of sp³-hybridized carbons (Fsp3) is 0.0769. The number of carbonyl (C=O) groups excluding carboxylic acids is 1. The molecular formula is C26H21Cl2N5O. The van der Waals surface area contributed by atoms with Crippen LogP contribution in [-0.4, -0.2) is 27.2 Å². The standard InChI is InChI=1S/C26H21Cl2N5O/c27-21-10-7-17(13-22(21)28)24-14-25(29)33(32-24)19-8-5-16(6-9-19)26(34)30-12-11-18-15-31-23-4-2-1-3-20(18)23/h1-10,13-15,31H,11-12,29H2,(H,30,34). The Hall–Kier alpha value is -3.74. The number of amides is 1. The molecule has 3 aromatic carbocycles. The molecule has 0 atom stereocenters. The largest absolute Gasteiger partial charge is 0.384 e. The van der Waals surface area contributed by atoms with Gasteiger partial charge in [-0.15, -0.1) is 0 Å². The molecule has 0 unspecified atom stereocenters. The van der Waals surface area contributed by atoms with Gasteiger partial charge < -0.3 is 16.0 Å². The molecule has 0 bridgehead atoms. The summed E-state index contributed by atoms with van der Waals surface area (Å²) < 4.78 is 1.62. The lowest BCUT2D eigenvalue weighted by Gasteiger charge is -2.07. The number of anilines is 1. The van der Waals surface area contributed by atoms with E-state index in [-0.39, 0.29) is 5.91 Å². The smallest absolute Gasteiger partial charge is 0.251 e. The van der Waals surface area contributed by atoms with Crippen molar-refractivity contribution in [3.05, 3.63) is 100 Å². The molecule has 0 aliphatic rings. The molecule has 4 N–H and O–H groups in total. The molecule has 5 rings (SSSR count). The summed E-state index contributed by atoms with van der Waals surface area (Å²) in [6, 6.07) is 22.4. The second kappa shape index (κ2) is 9.25. The second-order valence-electron chi connectivity index (χ2n) is 7.91. The highest BCUT2D eigenvalue weighted by Crippen LogP contribution is 2.29. The Balaban J connectivity index is 1.25. The zero-order valence-corrected chi connectivity index (χ0v) is 19.6. The Morgan fingerprint density at radius 2 is 1.79 bits per heavy atom. The molecule has 0 aliphatic heterocycles. The molecule has 2 aromatic heterocycles. The molecule has 0 saturated carbocycles. The van der Waals surface area contributed by atoms with E-state index < -0.39 is 0 Å². The monoisotopic (exact) mass is 489 g/mol. The van der Waals surface area contributed by atoms with E-state index in [4.69, 9.17) is 28.9 Å². The highest BCUT2D eigenvalue weighted by molar-refractivity contribution is 6.42. The molecule has 2 heterocycles. The van der Waals surface area contributed by atoms with Crippen molar-refractivity contribution >= 4 is 45.8 Å². The van der Waals surface area contributed by atoms with Gasteiger partial charge in [-0.3, -0.25) is 4.79 Å². The van der Waals surface area contributed by atoms with Crippen LogP contribution < -0.4 is 11.1 Å². The van der Waals surface area contributed by atoms with Crippen LogP contribution in [0.4, 0.5) is 5.82 Å². The second-order valence-corrected chi connectivity index (χ2v) is 8.72. The van der Waals surface area contributed by atoms with Crippen LogP contribution >= 0.6 is 23.2 Å². The van der Waals surface area contributed by atoms with Gasteiger partial charge in [0.15, 0.2) is 0 Å². The van der Waals surface area contributed by atoms with Gasteiger partial charge in [0.2, 0.25) is 0 Å². The van der Waals surface area contributed by atoms with Gasteiger partial charge in [-0.1, -0.05) is 47.5 Å². The van der Waals surface area contributed by atoms with Crippen LogP contribution in [0.5, 0.6) is 0 Å². The average Bonchev–Trinajstić information content (AvgIpc) is 3.44. The number of para-hydroxylation sites is 1. The first-order chi connectivity index (χ1) is 16.5. The Morgan fingerprint density at radius 3 is 2.59 bits per heavy atom. The third kappa shape index (κ3) is 4.38. The van der Waals surface area contributed by atoms with Gasteiger partial charge in [0.25, 0.3) is 5.91 Å². The Bertz CT molecular complexity index is 1490. The lowest BCUT2D eigenvalue weighted by molar-refractivity contribution is 0.0954. The number of benzene rings is 3. The number of nitrogens with two attached hydrogens (primary N) is 1. The lowest BCUT2D eigenvalue weighted by Crippen LogP contribution is -2.25. The van der Waals surface area contributed by atoms with Crippen molar-refractivity contribution in [2.75, 3.05) is 12.3 Å². The SMILES string of the molecule is Nc1cc(-c2ccc(Cl)c(Cl)c2)nn1-c1ccc(C(=O)NCCc2c[nH]c3ccccc23)cc1. The van der Waals surface area contributed by atoms with E-state index in [0.29, 0.717) is 33.7 Å². The van der Waals surface area contributed by atoms with Crippen molar-refractivity contribution in [2.24, 2.45) is 0 Å². The molecule has 34 heavy (non-hydrogen) atoms. The van der Waals surface area contributed by atoms with Crippen molar-refractivity contribution in [1.82, 2.24) is 20.1 Å². The molecular weight excluding hydrogens is 469 g/mol. The van der Waals surface area contributed by atoms with E-state index in [2.05, 4.69) is 21.5 Å². The molecule has 6 nitrogen and oxygen atoms in total. The summed E-state index contributed by atoms with van der Waals surface area (Å²) in [5.74, 6) is 0.341. The number of hydrogen-bond acceptors (Lipinski definition) is 3. The maximum Gasteiger partial charge on any atom is 0.251 e. The number of nitrogens with one attached hydrogen (secondary N) is 2. The third-order valence-corrected chi connectivity index (χ3v) is 6.42. The van der Waals surface area contributed by atoms with E-state index in [1.165, 1.54) is 10.9 Å². The normalized spacial score (nSPS) is 11.1. The maximum atomic E-state index is 12.6. The van der Waals surface area contributed by atoms with E-state index in [0.717, 1.165) is 23.2 Å². The number of H-pyrrole nitrogens is 1. The van der Waals surface area contributed by atoms with Crippen LogP contribution in [0.15, 0.2) is 79.0 Å². The Morgan fingerprint density at radius 1 is 1.00 bits per heavy atom. The summed E-state index contributed by atoms with van der Waals surface area (Å²) in [4.78, 5) is 15.9. The van der Waals surface area contributed by atoms with Gasteiger partial charge >= 0.3 is 0 Å². The number of aromatic amines is 1. The number of nitrogens with zero attached hydrogens (tertiary/aromatic N) is 2.